The average Bonchev–Trinajstić information content (AvgIpc) is 2.10. The summed E-state index contributed by atoms with van der Waals surface area (Å²) in [6.45, 7) is 1.72. The Hall–Kier alpha value is -0.800. The van der Waals surface area contributed by atoms with Gasteiger partial charge in [0.15, 0.2) is 5.69 Å². The topological polar surface area (TPSA) is 39.2 Å². The normalized spacial score (nSPS) is 9.85. The van der Waals surface area contributed by atoms with Crippen molar-refractivity contribution in [2.24, 2.45) is 0 Å². The van der Waals surface area contributed by atoms with E-state index >= 15 is 0 Å². The molecule has 1 rings (SSSR count). The molecule has 0 fully saturated rings. The van der Waals surface area contributed by atoms with Crippen LogP contribution in [0.3, 0.4) is 0 Å². The van der Waals surface area contributed by atoms with Crippen LogP contribution in [0, 0.1) is 6.92 Å². The molecule has 1 aromatic rings. The molecule has 0 N–H and O–H groups in total. The molecule has 0 amide bonds. The minimum Gasteiger partial charge on any atom is -0.464 e. The lowest BCUT2D eigenvalue weighted by molar-refractivity contribution is 0.0594. The first-order chi connectivity index (χ1) is 6.06. The van der Waals surface area contributed by atoms with E-state index in [9.17, 15) is 4.79 Å². The van der Waals surface area contributed by atoms with E-state index < -0.39 is 5.97 Å². The Kier molecular flexibility index (Phi) is 3.12. The van der Waals surface area contributed by atoms with E-state index in [4.69, 9.17) is 23.2 Å². The summed E-state index contributed by atoms with van der Waals surface area (Å²) in [6.07, 6.45) is 0. The van der Waals surface area contributed by atoms with Crippen molar-refractivity contribution in [3.63, 3.8) is 0 Å². The van der Waals surface area contributed by atoms with Crippen molar-refractivity contribution in [2.75, 3.05) is 7.11 Å². The minimum absolute atomic E-state index is 0.0502. The van der Waals surface area contributed by atoms with Gasteiger partial charge in [-0.25, -0.2) is 9.78 Å². The first-order valence-corrected chi connectivity index (χ1v) is 4.22. The van der Waals surface area contributed by atoms with Crippen LogP contribution in [-0.2, 0) is 4.74 Å². The molecule has 0 radical (unpaired) electrons. The van der Waals surface area contributed by atoms with E-state index in [2.05, 4.69) is 9.72 Å². The van der Waals surface area contributed by atoms with Gasteiger partial charge in [0.2, 0.25) is 0 Å². The van der Waals surface area contributed by atoms with E-state index in [1.54, 1.807) is 13.0 Å². The van der Waals surface area contributed by atoms with Crippen molar-refractivity contribution in [3.8, 4) is 0 Å². The Balaban J connectivity index is 3.28. The summed E-state index contributed by atoms with van der Waals surface area (Å²) in [6, 6.07) is 1.58. The van der Waals surface area contributed by atoms with Crippen LogP contribution in [0.25, 0.3) is 0 Å². The van der Waals surface area contributed by atoms with Crippen LogP contribution in [0.15, 0.2) is 6.07 Å². The molecule has 3 nitrogen and oxygen atoms in total. The van der Waals surface area contributed by atoms with E-state index in [1.807, 2.05) is 0 Å². The summed E-state index contributed by atoms with van der Waals surface area (Å²) in [4.78, 5) is 15.0. The molecule has 0 aliphatic rings. The number of carbonyl (C=O) groups is 1. The lowest BCUT2D eigenvalue weighted by atomic mass is 10.3. The third-order valence-corrected chi connectivity index (χ3v) is 2.20. The second-order valence-electron chi connectivity index (χ2n) is 2.40. The lowest BCUT2D eigenvalue weighted by Gasteiger charge is -2.03. The van der Waals surface area contributed by atoms with Crippen LogP contribution in [-0.4, -0.2) is 18.1 Å². The van der Waals surface area contributed by atoms with Crippen molar-refractivity contribution in [1.82, 2.24) is 4.98 Å². The van der Waals surface area contributed by atoms with Crippen molar-refractivity contribution in [1.29, 1.82) is 0 Å². The van der Waals surface area contributed by atoms with Crippen LogP contribution in [0.2, 0.25) is 10.0 Å². The van der Waals surface area contributed by atoms with Crippen molar-refractivity contribution in [3.05, 3.63) is 27.5 Å². The Morgan fingerprint density at radius 1 is 1.54 bits per heavy atom. The molecule has 5 heteroatoms. The maximum absolute atomic E-state index is 11.1. The fourth-order valence-corrected chi connectivity index (χ4v) is 1.27. The number of rotatable bonds is 1. The number of carbonyl (C=O) groups excluding carboxylic acids is 1. The molecule has 0 unspecified atom stereocenters. The Labute approximate surface area is 85.6 Å². The highest BCUT2D eigenvalue weighted by atomic mass is 35.5. The third kappa shape index (κ3) is 2.11. The molecule has 0 aromatic carbocycles. The van der Waals surface area contributed by atoms with Crippen LogP contribution in [0.1, 0.15) is 16.2 Å². The fraction of sp³-hybridized carbons (Fsp3) is 0.250. The maximum Gasteiger partial charge on any atom is 0.358 e. The van der Waals surface area contributed by atoms with Crippen molar-refractivity contribution in [2.45, 2.75) is 6.92 Å². The van der Waals surface area contributed by atoms with Crippen LogP contribution < -0.4 is 0 Å². The summed E-state index contributed by atoms with van der Waals surface area (Å²) < 4.78 is 4.48. The van der Waals surface area contributed by atoms with Crippen molar-refractivity contribution >= 4 is 29.2 Å². The number of nitrogens with zero attached hydrogens (tertiary/aromatic N) is 1. The molecule has 0 saturated heterocycles. The minimum atomic E-state index is -0.587. The molecule has 0 aliphatic heterocycles. The zero-order valence-electron chi connectivity index (χ0n) is 7.10. The molecule has 0 bridgehead atoms. The second kappa shape index (κ2) is 3.94. The molecule has 1 heterocycles. The summed E-state index contributed by atoms with van der Waals surface area (Å²) in [5.74, 6) is -0.587. The molecular weight excluding hydrogens is 213 g/mol. The SMILES string of the molecule is COC(=O)c1nc(C)cc(Cl)c1Cl. The molecule has 13 heavy (non-hydrogen) atoms. The van der Waals surface area contributed by atoms with Gasteiger partial charge in [-0.15, -0.1) is 0 Å². The molecule has 0 atom stereocenters. The predicted octanol–water partition coefficient (Wildman–Crippen LogP) is 2.48. The highest BCUT2D eigenvalue weighted by Gasteiger charge is 2.15. The van der Waals surface area contributed by atoms with Gasteiger partial charge in [0, 0.05) is 5.69 Å². The molecule has 0 spiro atoms. The standard InChI is InChI=1S/C8H7Cl2NO2/c1-4-3-5(9)6(10)7(11-4)8(12)13-2/h3H,1-2H3. The van der Waals surface area contributed by atoms with Crippen LogP contribution >= 0.6 is 23.2 Å². The van der Waals surface area contributed by atoms with Gasteiger partial charge in [-0.05, 0) is 13.0 Å². The van der Waals surface area contributed by atoms with Gasteiger partial charge in [-0.3, -0.25) is 0 Å². The van der Waals surface area contributed by atoms with Gasteiger partial charge < -0.3 is 4.74 Å². The summed E-state index contributed by atoms with van der Waals surface area (Å²) in [5, 5.41) is 0.425. The second-order valence-corrected chi connectivity index (χ2v) is 3.18. The Morgan fingerprint density at radius 3 is 2.69 bits per heavy atom. The number of esters is 1. The number of halogens is 2. The number of hydrogen-bond acceptors (Lipinski definition) is 3. The van der Waals surface area contributed by atoms with E-state index in [1.165, 1.54) is 7.11 Å². The van der Waals surface area contributed by atoms with Gasteiger partial charge in [-0.2, -0.15) is 0 Å². The highest BCUT2D eigenvalue weighted by Crippen LogP contribution is 2.25. The number of ether oxygens (including phenoxy) is 1. The molecule has 0 saturated carbocycles. The number of methoxy groups -OCH3 is 1. The molecule has 1 aromatic heterocycles. The largest absolute Gasteiger partial charge is 0.464 e. The number of aromatic nitrogens is 1. The number of pyridine rings is 1. The van der Waals surface area contributed by atoms with Crippen LogP contribution in [0.5, 0.6) is 0 Å². The Morgan fingerprint density at radius 2 is 2.15 bits per heavy atom. The van der Waals surface area contributed by atoms with E-state index in [-0.39, 0.29) is 10.7 Å². The monoisotopic (exact) mass is 219 g/mol. The number of hydrogen-bond donors (Lipinski definition) is 0. The van der Waals surface area contributed by atoms with Crippen molar-refractivity contribution < 1.29 is 9.53 Å². The zero-order valence-corrected chi connectivity index (χ0v) is 8.61. The van der Waals surface area contributed by atoms with Crippen LogP contribution in [0.4, 0.5) is 0 Å². The quantitative estimate of drug-likeness (QED) is 0.682. The number of aryl methyl sites for hydroxylation is 1. The molecular formula is C8H7Cl2NO2. The predicted molar refractivity (Wildman–Crippen MR) is 50.3 cm³/mol. The molecule has 70 valence electrons. The Bertz CT molecular complexity index is 352. The van der Waals surface area contributed by atoms with Gasteiger partial charge in [0.1, 0.15) is 0 Å². The van der Waals surface area contributed by atoms with E-state index in [0.717, 1.165) is 0 Å². The fourth-order valence-electron chi connectivity index (χ4n) is 0.850. The van der Waals surface area contributed by atoms with Gasteiger partial charge >= 0.3 is 5.97 Å². The average molecular weight is 220 g/mol. The smallest absolute Gasteiger partial charge is 0.358 e. The summed E-state index contributed by atoms with van der Waals surface area (Å²) in [5.41, 5.74) is 0.670. The third-order valence-electron chi connectivity index (χ3n) is 1.42. The summed E-state index contributed by atoms with van der Waals surface area (Å²) in [7, 11) is 1.26. The van der Waals surface area contributed by atoms with Gasteiger partial charge in [0.05, 0.1) is 17.2 Å². The maximum atomic E-state index is 11.1. The molecule has 0 aliphatic carbocycles. The lowest BCUT2D eigenvalue weighted by Crippen LogP contribution is -2.06. The van der Waals surface area contributed by atoms with Gasteiger partial charge in [-0.1, -0.05) is 23.2 Å². The van der Waals surface area contributed by atoms with Gasteiger partial charge in [0.25, 0.3) is 0 Å². The van der Waals surface area contributed by atoms with E-state index in [0.29, 0.717) is 10.7 Å². The first-order valence-electron chi connectivity index (χ1n) is 3.47. The highest BCUT2D eigenvalue weighted by molar-refractivity contribution is 6.43. The first kappa shape index (κ1) is 10.3. The zero-order chi connectivity index (χ0) is 10.0. The summed E-state index contributed by atoms with van der Waals surface area (Å²) >= 11 is 11.5.